The predicted octanol–water partition coefficient (Wildman–Crippen LogP) is 5.37. The summed E-state index contributed by atoms with van der Waals surface area (Å²) in [6.45, 7) is 4.34. The van der Waals surface area contributed by atoms with E-state index < -0.39 is 0 Å². The van der Waals surface area contributed by atoms with Crippen LogP contribution in [0.15, 0.2) is 55.0 Å². The molecule has 0 spiro atoms. The van der Waals surface area contributed by atoms with Crippen molar-refractivity contribution in [2.24, 2.45) is 0 Å². The molecule has 7 nitrogen and oxygen atoms in total. The average Bonchev–Trinajstić information content (AvgIpc) is 3.46. The lowest BCUT2D eigenvalue weighted by molar-refractivity contribution is 0.413. The van der Waals surface area contributed by atoms with Crippen LogP contribution in [0, 0.1) is 0 Å². The van der Waals surface area contributed by atoms with Gasteiger partial charge in [0.25, 0.3) is 0 Å². The molecular formula is C27H28N6O. The second-order valence-electron chi connectivity index (χ2n) is 9.34. The topological polar surface area (TPSA) is 80.1 Å². The summed E-state index contributed by atoms with van der Waals surface area (Å²) >= 11 is 0. The molecule has 7 heteroatoms. The summed E-state index contributed by atoms with van der Waals surface area (Å²) in [4.78, 5) is 12.9. The monoisotopic (exact) mass is 452 g/mol. The molecule has 0 radical (unpaired) electrons. The van der Waals surface area contributed by atoms with Crippen molar-refractivity contribution >= 4 is 22.4 Å². The molecular weight excluding hydrogens is 424 g/mol. The van der Waals surface area contributed by atoms with E-state index in [1.807, 2.05) is 23.0 Å². The average molecular weight is 453 g/mol. The SMILES string of the molecule is COc1cncc(-c2cc(NC3CCc4[nH]c5ccccc5c4C3)n3ncc(C(C)C)c3n2)c1. The number of benzene rings is 1. The lowest BCUT2D eigenvalue weighted by Crippen LogP contribution is -2.28. The number of rotatable bonds is 5. The molecule has 5 aromatic rings. The van der Waals surface area contributed by atoms with E-state index in [1.54, 1.807) is 13.3 Å². The first kappa shape index (κ1) is 20.7. The number of H-pyrrole nitrogens is 1. The van der Waals surface area contributed by atoms with Crippen LogP contribution >= 0.6 is 0 Å². The van der Waals surface area contributed by atoms with E-state index in [9.17, 15) is 0 Å². The number of ether oxygens (including phenoxy) is 1. The van der Waals surface area contributed by atoms with Gasteiger partial charge in [0, 0.05) is 46.0 Å². The zero-order chi connectivity index (χ0) is 23.2. The summed E-state index contributed by atoms with van der Waals surface area (Å²) in [6.07, 6.45) is 8.52. The van der Waals surface area contributed by atoms with E-state index in [0.717, 1.165) is 47.5 Å². The third-order valence-corrected chi connectivity index (χ3v) is 6.81. The zero-order valence-corrected chi connectivity index (χ0v) is 19.7. The van der Waals surface area contributed by atoms with Crippen LogP contribution in [0.2, 0.25) is 0 Å². The molecule has 0 saturated carbocycles. The maximum absolute atomic E-state index is 5.40. The van der Waals surface area contributed by atoms with Gasteiger partial charge in [0.15, 0.2) is 5.65 Å². The fraction of sp³-hybridized carbons (Fsp3) is 0.296. The van der Waals surface area contributed by atoms with Gasteiger partial charge in [0.2, 0.25) is 0 Å². The first-order chi connectivity index (χ1) is 16.6. The van der Waals surface area contributed by atoms with E-state index >= 15 is 0 Å². The van der Waals surface area contributed by atoms with Gasteiger partial charge in [-0.2, -0.15) is 9.61 Å². The number of aryl methyl sites for hydroxylation is 1. The first-order valence-electron chi connectivity index (χ1n) is 11.8. The predicted molar refractivity (Wildman–Crippen MR) is 135 cm³/mol. The van der Waals surface area contributed by atoms with Gasteiger partial charge >= 0.3 is 0 Å². The molecule has 4 heterocycles. The molecule has 0 aliphatic heterocycles. The number of pyridine rings is 1. The van der Waals surface area contributed by atoms with E-state index in [-0.39, 0.29) is 0 Å². The normalized spacial score (nSPS) is 15.7. The molecule has 1 aliphatic rings. The van der Waals surface area contributed by atoms with Gasteiger partial charge in [-0.15, -0.1) is 0 Å². The van der Waals surface area contributed by atoms with Crippen LogP contribution < -0.4 is 10.1 Å². The Hall–Kier alpha value is -3.87. The summed E-state index contributed by atoms with van der Waals surface area (Å²) in [5, 5.41) is 9.84. The largest absolute Gasteiger partial charge is 0.495 e. The number of para-hydroxylation sites is 1. The standard InChI is InChI=1S/C27H28N6O/c1-16(2)22-15-29-33-26(12-25(32-27(22)33)17-10-19(34-3)14-28-13-17)30-18-8-9-24-21(11-18)20-6-4-5-7-23(20)31-24/h4-7,10,12-16,18,30-31H,8-9,11H2,1-3H3. The smallest absolute Gasteiger partial charge is 0.161 e. The quantitative estimate of drug-likeness (QED) is 0.375. The highest BCUT2D eigenvalue weighted by molar-refractivity contribution is 5.85. The van der Waals surface area contributed by atoms with Crippen LogP contribution in [-0.2, 0) is 12.8 Å². The number of hydrogen-bond donors (Lipinski definition) is 2. The second kappa shape index (κ2) is 8.17. The van der Waals surface area contributed by atoms with Crippen LogP contribution in [0.1, 0.15) is 43.0 Å². The van der Waals surface area contributed by atoms with Crippen LogP contribution in [-0.4, -0.2) is 37.7 Å². The Balaban J connectivity index is 1.41. The van der Waals surface area contributed by atoms with Crippen molar-refractivity contribution < 1.29 is 4.74 Å². The van der Waals surface area contributed by atoms with Crippen LogP contribution in [0.4, 0.5) is 5.82 Å². The number of nitrogens with zero attached hydrogens (tertiary/aromatic N) is 4. The Morgan fingerprint density at radius 3 is 2.88 bits per heavy atom. The molecule has 0 amide bonds. The van der Waals surface area contributed by atoms with Crippen LogP contribution in [0.3, 0.4) is 0 Å². The van der Waals surface area contributed by atoms with Gasteiger partial charge < -0.3 is 15.0 Å². The van der Waals surface area contributed by atoms with E-state index in [0.29, 0.717) is 17.7 Å². The number of aromatic nitrogens is 5. The zero-order valence-electron chi connectivity index (χ0n) is 19.7. The molecule has 4 aromatic heterocycles. The number of anilines is 1. The summed E-state index contributed by atoms with van der Waals surface area (Å²) < 4.78 is 7.34. The number of aromatic amines is 1. The molecule has 0 bridgehead atoms. The number of fused-ring (bicyclic) bond motifs is 4. The summed E-state index contributed by atoms with van der Waals surface area (Å²) in [6, 6.07) is 12.9. The lowest BCUT2D eigenvalue weighted by atomic mass is 9.91. The molecule has 0 fully saturated rings. The van der Waals surface area contributed by atoms with Crippen molar-refractivity contribution in [1.29, 1.82) is 0 Å². The molecule has 34 heavy (non-hydrogen) atoms. The lowest BCUT2D eigenvalue weighted by Gasteiger charge is -2.25. The Morgan fingerprint density at radius 2 is 2.03 bits per heavy atom. The van der Waals surface area contributed by atoms with Gasteiger partial charge in [0.1, 0.15) is 11.6 Å². The number of methoxy groups -OCH3 is 1. The number of hydrogen-bond acceptors (Lipinski definition) is 5. The molecule has 172 valence electrons. The van der Waals surface area contributed by atoms with Crippen molar-refractivity contribution in [2.45, 2.75) is 45.1 Å². The highest BCUT2D eigenvalue weighted by atomic mass is 16.5. The summed E-state index contributed by atoms with van der Waals surface area (Å²) in [7, 11) is 1.65. The molecule has 0 saturated heterocycles. The van der Waals surface area contributed by atoms with Gasteiger partial charge in [-0.05, 0) is 42.9 Å². The second-order valence-corrected chi connectivity index (χ2v) is 9.34. The highest BCUT2D eigenvalue weighted by Crippen LogP contribution is 2.32. The van der Waals surface area contributed by atoms with E-state index in [4.69, 9.17) is 14.8 Å². The van der Waals surface area contributed by atoms with Crippen LogP contribution in [0.5, 0.6) is 5.75 Å². The Kier molecular flexibility index (Phi) is 4.98. The van der Waals surface area contributed by atoms with Crippen molar-refractivity contribution in [3.8, 4) is 17.0 Å². The number of nitrogens with one attached hydrogen (secondary N) is 2. The maximum Gasteiger partial charge on any atom is 0.161 e. The minimum atomic E-state index is 0.306. The molecule has 6 rings (SSSR count). The minimum absolute atomic E-state index is 0.306. The third-order valence-electron chi connectivity index (χ3n) is 6.81. The summed E-state index contributed by atoms with van der Waals surface area (Å²) in [5.41, 5.74) is 7.79. The molecule has 1 unspecified atom stereocenters. The van der Waals surface area contributed by atoms with Crippen molar-refractivity contribution in [3.63, 3.8) is 0 Å². The van der Waals surface area contributed by atoms with E-state index in [2.05, 4.69) is 59.5 Å². The van der Waals surface area contributed by atoms with Gasteiger partial charge in [-0.1, -0.05) is 32.0 Å². The fourth-order valence-corrected chi connectivity index (χ4v) is 5.01. The van der Waals surface area contributed by atoms with E-state index in [1.165, 1.54) is 22.2 Å². The van der Waals surface area contributed by atoms with Crippen molar-refractivity contribution in [3.05, 3.63) is 71.8 Å². The maximum atomic E-state index is 5.40. The molecule has 2 N–H and O–H groups in total. The first-order valence-corrected chi connectivity index (χ1v) is 11.8. The Labute approximate surface area is 198 Å². The van der Waals surface area contributed by atoms with Crippen LogP contribution in [0.25, 0.3) is 27.8 Å². The third kappa shape index (κ3) is 3.48. The minimum Gasteiger partial charge on any atom is -0.495 e. The molecule has 1 atom stereocenters. The fourth-order valence-electron chi connectivity index (χ4n) is 5.01. The molecule has 1 aliphatic carbocycles. The highest BCUT2D eigenvalue weighted by Gasteiger charge is 2.24. The van der Waals surface area contributed by atoms with Gasteiger partial charge in [0.05, 0.1) is 25.2 Å². The van der Waals surface area contributed by atoms with Gasteiger partial charge in [-0.25, -0.2) is 4.98 Å². The Morgan fingerprint density at radius 1 is 1.15 bits per heavy atom. The summed E-state index contributed by atoms with van der Waals surface area (Å²) in [5.74, 6) is 1.98. The molecule has 1 aromatic carbocycles. The van der Waals surface area contributed by atoms with Crippen molar-refractivity contribution in [2.75, 3.05) is 12.4 Å². The van der Waals surface area contributed by atoms with Gasteiger partial charge in [-0.3, -0.25) is 4.98 Å². The Bertz CT molecular complexity index is 1500. The van der Waals surface area contributed by atoms with Crippen molar-refractivity contribution in [1.82, 2.24) is 24.6 Å².